The van der Waals surface area contributed by atoms with Gasteiger partial charge in [0.15, 0.2) is 6.29 Å². The second-order valence-electron chi connectivity index (χ2n) is 6.67. The maximum absolute atomic E-state index is 13.1. The van der Waals surface area contributed by atoms with E-state index in [-0.39, 0.29) is 19.1 Å². The molecular weight excluding hydrogens is 369 g/mol. The molecule has 1 atom stereocenters. The van der Waals surface area contributed by atoms with E-state index in [1.54, 1.807) is 0 Å². The van der Waals surface area contributed by atoms with Crippen LogP contribution >= 0.6 is 0 Å². The van der Waals surface area contributed by atoms with E-state index in [2.05, 4.69) is 0 Å². The fourth-order valence-corrected chi connectivity index (χ4v) is 2.77. The van der Waals surface area contributed by atoms with Crippen LogP contribution in [-0.2, 0) is 9.47 Å². The van der Waals surface area contributed by atoms with Crippen molar-refractivity contribution in [3.63, 3.8) is 0 Å². The van der Waals surface area contributed by atoms with E-state index in [0.29, 0.717) is 13.0 Å². The van der Waals surface area contributed by atoms with Crippen LogP contribution in [0, 0.1) is 0 Å². The highest BCUT2D eigenvalue weighted by atomic mass is 19.4. The minimum atomic E-state index is -6.23. The minimum absolute atomic E-state index is 0.0853. The largest absolute Gasteiger partial charge is 0.459 e. The lowest BCUT2D eigenvalue weighted by Gasteiger charge is -2.28. The quantitative estimate of drug-likeness (QED) is 0.262. The van der Waals surface area contributed by atoms with Crippen molar-refractivity contribution in [3.05, 3.63) is 0 Å². The van der Waals surface area contributed by atoms with Gasteiger partial charge in [0.1, 0.15) is 0 Å². The molecule has 1 fully saturated rings. The van der Waals surface area contributed by atoms with Crippen molar-refractivity contribution in [2.75, 3.05) is 13.2 Å². The van der Waals surface area contributed by atoms with Crippen LogP contribution in [0.4, 0.5) is 30.7 Å². The smallest absolute Gasteiger partial charge is 0.353 e. The SMILES string of the molecule is FC(F)(F)C(F)(F)C(F)(F)CCCCCCCCCCOC1CCCO1. The van der Waals surface area contributed by atoms with Crippen molar-refractivity contribution >= 4 is 0 Å². The molecule has 0 aromatic carbocycles. The number of alkyl halides is 7. The number of unbranched alkanes of at least 4 members (excludes halogenated alkanes) is 7. The van der Waals surface area contributed by atoms with Crippen LogP contribution in [0.3, 0.4) is 0 Å². The highest BCUT2D eigenvalue weighted by molar-refractivity contribution is 4.90. The molecule has 0 bridgehead atoms. The molecule has 26 heavy (non-hydrogen) atoms. The van der Waals surface area contributed by atoms with Crippen LogP contribution in [0.5, 0.6) is 0 Å². The number of hydrogen-bond donors (Lipinski definition) is 0. The van der Waals surface area contributed by atoms with E-state index in [1.165, 1.54) is 0 Å². The summed E-state index contributed by atoms with van der Waals surface area (Å²) in [6.45, 7) is 1.37. The lowest BCUT2D eigenvalue weighted by Crippen LogP contribution is -2.51. The summed E-state index contributed by atoms with van der Waals surface area (Å²) in [5.41, 5.74) is 0. The van der Waals surface area contributed by atoms with Crippen molar-refractivity contribution in [1.82, 2.24) is 0 Å². The number of halogens is 7. The van der Waals surface area contributed by atoms with E-state index in [1.807, 2.05) is 0 Å². The van der Waals surface area contributed by atoms with Crippen LogP contribution in [-0.4, -0.2) is 37.5 Å². The molecule has 2 nitrogen and oxygen atoms in total. The molecule has 0 amide bonds. The maximum Gasteiger partial charge on any atom is 0.459 e. The van der Waals surface area contributed by atoms with Gasteiger partial charge in [0.05, 0.1) is 0 Å². The van der Waals surface area contributed by atoms with E-state index in [4.69, 9.17) is 9.47 Å². The van der Waals surface area contributed by atoms with E-state index in [9.17, 15) is 30.7 Å². The Balaban J connectivity index is 1.97. The zero-order chi connectivity index (χ0) is 19.7. The topological polar surface area (TPSA) is 18.5 Å². The molecule has 1 rings (SSSR count). The molecule has 9 heteroatoms. The molecule has 1 heterocycles. The third-order valence-corrected chi connectivity index (χ3v) is 4.39. The average molecular weight is 396 g/mol. The highest BCUT2D eigenvalue weighted by Crippen LogP contribution is 2.48. The lowest BCUT2D eigenvalue weighted by molar-refractivity contribution is -0.355. The first-order chi connectivity index (χ1) is 12.1. The van der Waals surface area contributed by atoms with Crippen molar-refractivity contribution in [1.29, 1.82) is 0 Å². The molecule has 0 aromatic rings. The van der Waals surface area contributed by atoms with Gasteiger partial charge in [0.2, 0.25) is 0 Å². The molecule has 0 radical (unpaired) electrons. The fourth-order valence-electron chi connectivity index (χ4n) is 2.77. The molecule has 156 valence electrons. The van der Waals surface area contributed by atoms with Crippen molar-refractivity contribution < 1.29 is 40.2 Å². The Kier molecular flexibility index (Phi) is 9.64. The van der Waals surface area contributed by atoms with Crippen molar-refractivity contribution in [3.8, 4) is 0 Å². The second kappa shape index (κ2) is 10.7. The van der Waals surface area contributed by atoms with Gasteiger partial charge < -0.3 is 9.47 Å². The Morgan fingerprint density at radius 3 is 1.81 bits per heavy atom. The molecule has 0 aromatic heterocycles. The maximum atomic E-state index is 13.1. The number of rotatable bonds is 13. The number of hydrogen-bond acceptors (Lipinski definition) is 2. The summed E-state index contributed by atoms with van der Waals surface area (Å²) in [5.74, 6) is -11.0. The molecule has 1 unspecified atom stereocenters. The summed E-state index contributed by atoms with van der Waals surface area (Å²) in [7, 11) is 0. The highest BCUT2D eigenvalue weighted by Gasteiger charge is 2.72. The Labute approximate surface area is 149 Å². The average Bonchev–Trinajstić information content (AvgIpc) is 3.04. The Morgan fingerprint density at radius 2 is 1.31 bits per heavy atom. The second-order valence-corrected chi connectivity index (χ2v) is 6.67. The monoisotopic (exact) mass is 396 g/mol. The van der Waals surface area contributed by atoms with Crippen LogP contribution in [0.25, 0.3) is 0 Å². The van der Waals surface area contributed by atoms with Gasteiger partial charge in [-0.15, -0.1) is 0 Å². The van der Waals surface area contributed by atoms with Gasteiger partial charge in [-0.05, 0) is 19.3 Å². The van der Waals surface area contributed by atoms with Gasteiger partial charge in [0, 0.05) is 26.1 Å². The van der Waals surface area contributed by atoms with Crippen LogP contribution in [0.1, 0.15) is 70.6 Å². The standard InChI is InChI=1S/C17H27F7O2/c18-15(19,16(20,21)17(22,23)24)11-7-5-3-1-2-4-6-8-12-25-14-10-9-13-26-14/h14H,1-13H2. The summed E-state index contributed by atoms with van der Waals surface area (Å²) in [6.07, 6.45) is -1.01. The summed E-state index contributed by atoms with van der Waals surface area (Å²) in [6, 6.07) is 0. The first kappa shape index (κ1) is 23.5. The molecular formula is C17H27F7O2. The third kappa shape index (κ3) is 7.58. The predicted molar refractivity (Wildman–Crippen MR) is 82.4 cm³/mol. The third-order valence-electron chi connectivity index (χ3n) is 4.39. The molecule has 0 saturated carbocycles. The van der Waals surface area contributed by atoms with Gasteiger partial charge in [-0.3, -0.25) is 0 Å². The first-order valence-electron chi connectivity index (χ1n) is 9.13. The summed E-state index contributed by atoms with van der Waals surface area (Å²) in [5, 5.41) is 0. The van der Waals surface area contributed by atoms with Gasteiger partial charge in [-0.25, -0.2) is 0 Å². The summed E-state index contributed by atoms with van der Waals surface area (Å²) >= 11 is 0. The van der Waals surface area contributed by atoms with Gasteiger partial charge in [-0.2, -0.15) is 30.7 Å². The van der Waals surface area contributed by atoms with Crippen LogP contribution in [0.15, 0.2) is 0 Å². The molecule has 0 N–H and O–H groups in total. The fraction of sp³-hybridized carbons (Fsp3) is 1.00. The summed E-state index contributed by atoms with van der Waals surface area (Å²) < 4.78 is 98.3. The van der Waals surface area contributed by atoms with Crippen LogP contribution < -0.4 is 0 Å². The van der Waals surface area contributed by atoms with E-state index >= 15 is 0 Å². The van der Waals surface area contributed by atoms with Crippen molar-refractivity contribution in [2.24, 2.45) is 0 Å². The molecule has 1 aliphatic rings. The van der Waals surface area contributed by atoms with E-state index < -0.39 is 24.4 Å². The normalized spacial score (nSPS) is 19.3. The summed E-state index contributed by atoms with van der Waals surface area (Å²) in [4.78, 5) is 0. The Hall–Kier alpha value is -0.570. The molecule has 1 saturated heterocycles. The molecule has 0 spiro atoms. The molecule has 1 aliphatic heterocycles. The van der Waals surface area contributed by atoms with E-state index in [0.717, 1.165) is 51.6 Å². The Morgan fingerprint density at radius 1 is 0.769 bits per heavy atom. The first-order valence-corrected chi connectivity index (χ1v) is 9.13. The zero-order valence-electron chi connectivity index (χ0n) is 14.7. The predicted octanol–water partition coefficient (Wildman–Crippen LogP) is 6.48. The molecule has 0 aliphatic carbocycles. The lowest BCUT2D eigenvalue weighted by atomic mass is 10.0. The minimum Gasteiger partial charge on any atom is -0.353 e. The van der Waals surface area contributed by atoms with Gasteiger partial charge in [-0.1, -0.05) is 38.5 Å². The zero-order valence-corrected chi connectivity index (χ0v) is 14.7. The van der Waals surface area contributed by atoms with Gasteiger partial charge in [0.25, 0.3) is 0 Å². The van der Waals surface area contributed by atoms with Crippen molar-refractivity contribution in [2.45, 2.75) is 94.9 Å². The van der Waals surface area contributed by atoms with Gasteiger partial charge >= 0.3 is 18.0 Å². The Bertz CT molecular complexity index is 380. The number of ether oxygens (including phenoxy) is 2. The van der Waals surface area contributed by atoms with Crippen LogP contribution in [0.2, 0.25) is 0 Å².